The first-order chi connectivity index (χ1) is 10.3. The standard InChI is InChI=1S/C17H25NO3/c1-2-18(11-13-4-5-13)12-15(19)14-6-7-16-17(10-14)21-9-3-8-20-16/h6-7,10,13,15,19H,2-5,8-9,11-12H2,1H3. The second-order valence-corrected chi connectivity index (χ2v) is 6.07. The van der Waals surface area contributed by atoms with Gasteiger partial charge in [0.1, 0.15) is 0 Å². The second-order valence-electron chi connectivity index (χ2n) is 6.07. The molecule has 1 fully saturated rings. The molecule has 1 heterocycles. The lowest BCUT2D eigenvalue weighted by atomic mass is 10.1. The van der Waals surface area contributed by atoms with Crippen LogP contribution in [0.25, 0.3) is 0 Å². The molecular weight excluding hydrogens is 266 g/mol. The van der Waals surface area contributed by atoms with Crippen molar-refractivity contribution in [3.63, 3.8) is 0 Å². The number of nitrogens with zero attached hydrogens (tertiary/aromatic N) is 1. The number of aliphatic hydroxyl groups excluding tert-OH is 1. The van der Waals surface area contributed by atoms with Crippen molar-refractivity contribution in [2.24, 2.45) is 5.92 Å². The Hall–Kier alpha value is -1.26. The van der Waals surface area contributed by atoms with Gasteiger partial charge in [0.2, 0.25) is 0 Å². The molecule has 2 aliphatic rings. The normalized spacial score (nSPS) is 19.4. The molecule has 1 aliphatic carbocycles. The van der Waals surface area contributed by atoms with E-state index in [1.807, 2.05) is 18.2 Å². The molecule has 0 aromatic heterocycles. The molecule has 1 aliphatic heterocycles. The van der Waals surface area contributed by atoms with E-state index in [4.69, 9.17) is 9.47 Å². The van der Waals surface area contributed by atoms with Crippen LogP contribution in [0.3, 0.4) is 0 Å². The molecule has 0 amide bonds. The number of likely N-dealkylation sites (N-methyl/N-ethyl adjacent to an activating group) is 1. The van der Waals surface area contributed by atoms with Crippen LogP contribution in [0, 0.1) is 5.92 Å². The molecule has 0 spiro atoms. The predicted octanol–water partition coefficient (Wildman–Crippen LogP) is 2.61. The monoisotopic (exact) mass is 291 g/mol. The maximum atomic E-state index is 10.5. The van der Waals surface area contributed by atoms with Gasteiger partial charge in [-0.15, -0.1) is 0 Å². The lowest BCUT2D eigenvalue weighted by Crippen LogP contribution is -2.30. The van der Waals surface area contributed by atoms with Crippen molar-refractivity contribution in [1.82, 2.24) is 4.90 Å². The summed E-state index contributed by atoms with van der Waals surface area (Å²) in [7, 11) is 0. The largest absolute Gasteiger partial charge is 0.490 e. The van der Waals surface area contributed by atoms with Gasteiger partial charge in [0.25, 0.3) is 0 Å². The Labute approximate surface area is 126 Å². The van der Waals surface area contributed by atoms with E-state index in [1.165, 1.54) is 12.8 Å². The van der Waals surface area contributed by atoms with E-state index >= 15 is 0 Å². The van der Waals surface area contributed by atoms with Crippen LogP contribution < -0.4 is 9.47 Å². The van der Waals surface area contributed by atoms with Crippen molar-refractivity contribution in [2.45, 2.75) is 32.3 Å². The summed E-state index contributed by atoms with van der Waals surface area (Å²) in [5.74, 6) is 2.39. The van der Waals surface area contributed by atoms with Crippen LogP contribution in [0.15, 0.2) is 18.2 Å². The van der Waals surface area contributed by atoms with E-state index < -0.39 is 6.10 Å². The van der Waals surface area contributed by atoms with E-state index in [1.54, 1.807) is 0 Å². The van der Waals surface area contributed by atoms with Crippen molar-refractivity contribution in [2.75, 3.05) is 32.8 Å². The van der Waals surface area contributed by atoms with Gasteiger partial charge in [-0.3, -0.25) is 0 Å². The lowest BCUT2D eigenvalue weighted by molar-refractivity contribution is 0.113. The number of fused-ring (bicyclic) bond motifs is 1. The maximum absolute atomic E-state index is 10.5. The molecule has 4 heteroatoms. The van der Waals surface area contributed by atoms with E-state index in [2.05, 4.69) is 11.8 Å². The van der Waals surface area contributed by atoms with Gasteiger partial charge in [-0.1, -0.05) is 13.0 Å². The minimum Gasteiger partial charge on any atom is -0.490 e. The Morgan fingerprint density at radius 3 is 2.71 bits per heavy atom. The Balaban J connectivity index is 1.65. The van der Waals surface area contributed by atoms with E-state index in [-0.39, 0.29) is 0 Å². The average Bonchev–Trinajstić information content (AvgIpc) is 3.32. The van der Waals surface area contributed by atoms with Crippen molar-refractivity contribution in [3.8, 4) is 11.5 Å². The molecule has 1 unspecified atom stereocenters. The summed E-state index contributed by atoms with van der Waals surface area (Å²) in [5.41, 5.74) is 0.911. The summed E-state index contributed by atoms with van der Waals surface area (Å²) >= 11 is 0. The Kier molecular flexibility index (Phi) is 4.66. The van der Waals surface area contributed by atoms with Crippen LogP contribution in [0.1, 0.15) is 37.9 Å². The summed E-state index contributed by atoms with van der Waals surface area (Å²) in [6, 6.07) is 5.79. The number of aliphatic hydroxyl groups is 1. The fourth-order valence-corrected chi connectivity index (χ4v) is 2.74. The zero-order valence-corrected chi connectivity index (χ0v) is 12.8. The Bertz CT molecular complexity index is 473. The van der Waals surface area contributed by atoms with Crippen molar-refractivity contribution >= 4 is 0 Å². The number of hydrogen-bond donors (Lipinski definition) is 1. The third kappa shape index (κ3) is 3.89. The first-order valence-corrected chi connectivity index (χ1v) is 8.06. The molecule has 1 N–H and O–H groups in total. The zero-order valence-electron chi connectivity index (χ0n) is 12.8. The van der Waals surface area contributed by atoms with Crippen LogP contribution in [-0.2, 0) is 0 Å². The summed E-state index contributed by atoms with van der Waals surface area (Å²) in [5, 5.41) is 10.5. The highest BCUT2D eigenvalue weighted by Gasteiger charge is 2.25. The maximum Gasteiger partial charge on any atom is 0.161 e. The number of ether oxygens (including phenoxy) is 2. The lowest BCUT2D eigenvalue weighted by Gasteiger charge is -2.24. The number of rotatable bonds is 6. The van der Waals surface area contributed by atoms with Crippen LogP contribution in [-0.4, -0.2) is 42.9 Å². The van der Waals surface area contributed by atoms with Gasteiger partial charge in [0.05, 0.1) is 19.3 Å². The molecule has 3 rings (SSSR count). The highest BCUT2D eigenvalue weighted by atomic mass is 16.5. The Morgan fingerprint density at radius 1 is 1.24 bits per heavy atom. The second kappa shape index (κ2) is 6.67. The molecule has 21 heavy (non-hydrogen) atoms. The fourth-order valence-electron chi connectivity index (χ4n) is 2.74. The first kappa shape index (κ1) is 14.7. The van der Waals surface area contributed by atoms with Crippen LogP contribution in [0.2, 0.25) is 0 Å². The average molecular weight is 291 g/mol. The molecular formula is C17H25NO3. The summed E-state index contributed by atoms with van der Waals surface area (Å²) in [4.78, 5) is 2.34. The number of benzene rings is 1. The van der Waals surface area contributed by atoms with E-state index in [0.29, 0.717) is 19.8 Å². The SMILES string of the molecule is CCN(CC1CC1)CC(O)c1ccc2c(c1)OCCCO2. The zero-order chi connectivity index (χ0) is 14.7. The highest BCUT2D eigenvalue weighted by Crippen LogP contribution is 2.33. The first-order valence-electron chi connectivity index (χ1n) is 8.06. The summed E-state index contributed by atoms with van der Waals surface area (Å²) < 4.78 is 11.3. The quantitative estimate of drug-likeness (QED) is 0.875. The van der Waals surface area contributed by atoms with Crippen molar-refractivity contribution in [3.05, 3.63) is 23.8 Å². The summed E-state index contributed by atoms with van der Waals surface area (Å²) in [6.07, 6.45) is 3.12. The van der Waals surface area contributed by atoms with Crippen LogP contribution >= 0.6 is 0 Å². The predicted molar refractivity (Wildman–Crippen MR) is 81.8 cm³/mol. The molecule has 4 nitrogen and oxygen atoms in total. The third-order valence-corrected chi connectivity index (χ3v) is 4.25. The topological polar surface area (TPSA) is 41.9 Å². The molecule has 0 saturated heterocycles. The molecule has 1 atom stereocenters. The highest BCUT2D eigenvalue weighted by molar-refractivity contribution is 5.44. The van der Waals surface area contributed by atoms with Gasteiger partial charge in [-0.25, -0.2) is 0 Å². The summed E-state index contributed by atoms with van der Waals surface area (Å²) in [6.45, 7) is 6.31. The van der Waals surface area contributed by atoms with Gasteiger partial charge in [-0.05, 0) is 43.0 Å². The fraction of sp³-hybridized carbons (Fsp3) is 0.647. The minimum atomic E-state index is -0.471. The smallest absolute Gasteiger partial charge is 0.161 e. The van der Waals surface area contributed by atoms with Crippen LogP contribution in [0.4, 0.5) is 0 Å². The van der Waals surface area contributed by atoms with Gasteiger partial charge in [0, 0.05) is 19.5 Å². The molecule has 1 aromatic rings. The minimum absolute atomic E-state index is 0.471. The molecule has 0 radical (unpaired) electrons. The molecule has 1 saturated carbocycles. The van der Waals surface area contributed by atoms with Crippen LogP contribution in [0.5, 0.6) is 11.5 Å². The van der Waals surface area contributed by atoms with Crippen molar-refractivity contribution < 1.29 is 14.6 Å². The molecule has 116 valence electrons. The Morgan fingerprint density at radius 2 is 2.00 bits per heavy atom. The van der Waals surface area contributed by atoms with Gasteiger partial charge in [-0.2, -0.15) is 0 Å². The number of hydrogen-bond acceptors (Lipinski definition) is 4. The third-order valence-electron chi connectivity index (χ3n) is 4.25. The van der Waals surface area contributed by atoms with E-state index in [9.17, 15) is 5.11 Å². The van der Waals surface area contributed by atoms with Gasteiger partial charge in [0.15, 0.2) is 11.5 Å². The molecule has 1 aromatic carbocycles. The van der Waals surface area contributed by atoms with Gasteiger partial charge < -0.3 is 19.5 Å². The van der Waals surface area contributed by atoms with Crippen molar-refractivity contribution in [1.29, 1.82) is 0 Å². The van der Waals surface area contributed by atoms with Gasteiger partial charge >= 0.3 is 0 Å². The molecule has 0 bridgehead atoms. The van der Waals surface area contributed by atoms with E-state index in [0.717, 1.165) is 42.5 Å².